The molecule has 5 nitrogen and oxygen atoms in total. The molecule has 0 spiro atoms. The molecule has 1 fully saturated rings. The fourth-order valence-electron chi connectivity index (χ4n) is 1.01. The molecule has 0 aromatic heterocycles. The first kappa shape index (κ1) is 8.53. The molecule has 1 aliphatic rings. The normalized spacial score (nSPS) is 18.0. The Hall–Kier alpha value is -1.57. The predicted molar refractivity (Wildman–Crippen MR) is 39.8 cm³/mol. The van der Waals surface area contributed by atoms with Crippen LogP contribution in [0.2, 0.25) is 0 Å². The molecule has 64 valence electrons. The molecule has 0 atom stereocenters. The maximum Gasteiger partial charge on any atom is 0.313 e. The molecular formula is C7H9N3O2. The van der Waals surface area contributed by atoms with Crippen molar-refractivity contribution in [2.75, 3.05) is 26.7 Å². The van der Waals surface area contributed by atoms with E-state index in [0.29, 0.717) is 13.1 Å². The van der Waals surface area contributed by atoms with Gasteiger partial charge in [-0.1, -0.05) is 0 Å². The van der Waals surface area contributed by atoms with Crippen molar-refractivity contribution < 1.29 is 9.59 Å². The van der Waals surface area contributed by atoms with Crippen molar-refractivity contribution in [2.45, 2.75) is 0 Å². The molecule has 0 N–H and O–H groups in total. The number of carbonyl (C=O) groups excluding carboxylic acids is 2. The van der Waals surface area contributed by atoms with Gasteiger partial charge in [-0.2, -0.15) is 5.26 Å². The summed E-state index contributed by atoms with van der Waals surface area (Å²) in [5.74, 6) is -1.11. The Kier molecular flexibility index (Phi) is 2.29. The summed E-state index contributed by atoms with van der Waals surface area (Å²) in [5, 5.41) is 8.32. The van der Waals surface area contributed by atoms with Gasteiger partial charge in [0.05, 0.1) is 6.07 Å². The van der Waals surface area contributed by atoms with Crippen LogP contribution in [0, 0.1) is 11.3 Å². The van der Waals surface area contributed by atoms with E-state index < -0.39 is 11.8 Å². The maximum atomic E-state index is 11.1. The fourth-order valence-corrected chi connectivity index (χ4v) is 1.01. The van der Waals surface area contributed by atoms with Gasteiger partial charge in [0.15, 0.2) is 0 Å². The Balaban J connectivity index is 2.67. The average Bonchev–Trinajstić information content (AvgIpc) is 2.07. The molecule has 1 rings (SSSR count). The average molecular weight is 167 g/mol. The van der Waals surface area contributed by atoms with E-state index >= 15 is 0 Å². The van der Waals surface area contributed by atoms with E-state index in [-0.39, 0.29) is 6.54 Å². The molecule has 0 aromatic carbocycles. The summed E-state index contributed by atoms with van der Waals surface area (Å²) in [4.78, 5) is 24.8. The SMILES string of the molecule is CN1CCN(CC#N)C(=O)C1=O. The second-order valence-electron chi connectivity index (χ2n) is 2.61. The van der Waals surface area contributed by atoms with E-state index in [1.54, 1.807) is 7.05 Å². The largest absolute Gasteiger partial charge is 0.336 e. The number of hydrogen-bond donors (Lipinski definition) is 0. The molecule has 0 aromatic rings. The number of piperazine rings is 1. The zero-order valence-corrected chi connectivity index (χ0v) is 6.78. The Bertz CT molecular complexity index is 256. The van der Waals surface area contributed by atoms with E-state index in [1.807, 2.05) is 6.07 Å². The number of nitriles is 1. The lowest BCUT2D eigenvalue weighted by Gasteiger charge is -2.29. The van der Waals surface area contributed by atoms with Crippen LogP contribution in [0.15, 0.2) is 0 Å². The molecular weight excluding hydrogens is 158 g/mol. The summed E-state index contributed by atoms with van der Waals surface area (Å²) in [6.45, 7) is 0.958. The van der Waals surface area contributed by atoms with Gasteiger partial charge in [0.2, 0.25) is 0 Å². The van der Waals surface area contributed by atoms with Crippen molar-refractivity contribution in [1.82, 2.24) is 9.80 Å². The highest BCUT2D eigenvalue weighted by Crippen LogP contribution is 2.01. The molecule has 5 heteroatoms. The summed E-state index contributed by atoms with van der Waals surface area (Å²) in [6, 6.07) is 1.84. The van der Waals surface area contributed by atoms with Crippen molar-refractivity contribution in [3.8, 4) is 6.07 Å². The minimum absolute atomic E-state index is 0.00157. The maximum absolute atomic E-state index is 11.1. The van der Waals surface area contributed by atoms with Crippen LogP contribution in [0.5, 0.6) is 0 Å². The molecule has 0 saturated carbocycles. The van der Waals surface area contributed by atoms with Crippen molar-refractivity contribution in [1.29, 1.82) is 5.26 Å². The van der Waals surface area contributed by atoms with Crippen molar-refractivity contribution in [2.24, 2.45) is 0 Å². The van der Waals surface area contributed by atoms with Gasteiger partial charge in [0.25, 0.3) is 0 Å². The van der Waals surface area contributed by atoms with Gasteiger partial charge >= 0.3 is 11.8 Å². The highest BCUT2D eigenvalue weighted by atomic mass is 16.2. The fraction of sp³-hybridized carbons (Fsp3) is 0.571. The summed E-state index contributed by atoms with van der Waals surface area (Å²) in [6.07, 6.45) is 0. The van der Waals surface area contributed by atoms with Crippen LogP contribution in [0.25, 0.3) is 0 Å². The summed E-state index contributed by atoms with van der Waals surface area (Å²) in [5.41, 5.74) is 0. The number of likely N-dealkylation sites (N-methyl/N-ethyl adjacent to an activating group) is 1. The van der Waals surface area contributed by atoms with E-state index in [0.717, 1.165) is 0 Å². The smallest absolute Gasteiger partial charge is 0.313 e. The second-order valence-corrected chi connectivity index (χ2v) is 2.61. The second kappa shape index (κ2) is 3.22. The predicted octanol–water partition coefficient (Wildman–Crippen LogP) is -1.19. The lowest BCUT2D eigenvalue weighted by atomic mass is 10.3. The van der Waals surface area contributed by atoms with Gasteiger partial charge in [-0.15, -0.1) is 0 Å². The minimum Gasteiger partial charge on any atom is -0.336 e. The van der Waals surface area contributed by atoms with E-state index in [4.69, 9.17) is 5.26 Å². The Morgan fingerprint density at radius 1 is 1.42 bits per heavy atom. The van der Waals surface area contributed by atoms with Crippen LogP contribution in [0.3, 0.4) is 0 Å². The van der Waals surface area contributed by atoms with Gasteiger partial charge < -0.3 is 9.80 Å². The van der Waals surface area contributed by atoms with Crippen LogP contribution >= 0.6 is 0 Å². The first-order chi connectivity index (χ1) is 5.66. The molecule has 0 unspecified atom stereocenters. The van der Waals surface area contributed by atoms with E-state index in [9.17, 15) is 9.59 Å². The Morgan fingerprint density at radius 3 is 2.67 bits per heavy atom. The van der Waals surface area contributed by atoms with Gasteiger partial charge in [-0.05, 0) is 0 Å². The Morgan fingerprint density at radius 2 is 2.08 bits per heavy atom. The van der Waals surface area contributed by atoms with Gasteiger partial charge in [0.1, 0.15) is 6.54 Å². The van der Waals surface area contributed by atoms with Crippen LogP contribution < -0.4 is 0 Å². The molecule has 12 heavy (non-hydrogen) atoms. The van der Waals surface area contributed by atoms with E-state index in [2.05, 4.69) is 0 Å². The van der Waals surface area contributed by atoms with Crippen LogP contribution in [-0.2, 0) is 9.59 Å². The van der Waals surface area contributed by atoms with E-state index in [1.165, 1.54) is 9.80 Å². The number of rotatable bonds is 1. The lowest BCUT2D eigenvalue weighted by molar-refractivity contribution is -0.154. The van der Waals surface area contributed by atoms with Crippen LogP contribution in [0.4, 0.5) is 0 Å². The number of carbonyl (C=O) groups is 2. The van der Waals surface area contributed by atoms with Crippen molar-refractivity contribution in [3.05, 3.63) is 0 Å². The highest BCUT2D eigenvalue weighted by Gasteiger charge is 2.29. The lowest BCUT2D eigenvalue weighted by Crippen LogP contribution is -2.52. The van der Waals surface area contributed by atoms with Crippen LogP contribution in [-0.4, -0.2) is 48.3 Å². The zero-order chi connectivity index (χ0) is 9.14. The summed E-state index contributed by atoms with van der Waals surface area (Å²) < 4.78 is 0. The third-order valence-corrected chi connectivity index (χ3v) is 1.78. The number of nitrogens with zero attached hydrogens (tertiary/aromatic N) is 3. The van der Waals surface area contributed by atoms with Gasteiger partial charge in [-0.3, -0.25) is 9.59 Å². The standard InChI is InChI=1S/C7H9N3O2/c1-9-4-5-10(3-2-8)7(12)6(9)11/h3-5H2,1H3. The van der Waals surface area contributed by atoms with Gasteiger partial charge in [-0.25, -0.2) is 0 Å². The molecule has 0 bridgehead atoms. The molecule has 0 aliphatic carbocycles. The number of hydrogen-bond acceptors (Lipinski definition) is 3. The van der Waals surface area contributed by atoms with Gasteiger partial charge in [0, 0.05) is 20.1 Å². The summed E-state index contributed by atoms with van der Waals surface area (Å²) in [7, 11) is 1.57. The molecule has 1 heterocycles. The molecule has 2 amide bonds. The molecule has 1 aliphatic heterocycles. The molecule has 0 radical (unpaired) electrons. The monoisotopic (exact) mass is 167 g/mol. The number of amides is 2. The van der Waals surface area contributed by atoms with Crippen LogP contribution in [0.1, 0.15) is 0 Å². The van der Waals surface area contributed by atoms with Crippen molar-refractivity contribution >= 4 is 11.8 Å². The van der Waals surface area contributed by atoms with Crippen molar-refractivity contribution in [3.63, 3.8) is 0 Å². The minimum atomic E-state index is -0.578. The molecule has 1 saturated heterocycles. The topological polar surface area (TPSA) is 64.4 Å². The Labute approximate surface area is 70.2 Å². The highest BCUT2D eigenvalue weighted by molar-refractivity contribution is 6.35. The zero-order valence-electron chi connectivity index (χ0n) is 6.78. The third-order valence-electron chi connectivity index (χ3n) is 1.78. The third kappa shape index (κ3) is 1.37. The summed E-state index contributed by atoms with van der Waals surface area (Å²) >= 11 is 0. The first-order valence-corrected chi connectivity index (χ1v) is 3.58. The quantitative estimate of drug-likeness (QED) is 0.364. The first-order valence-electron chi connectivity index (χ1n) is 3.58.